The summed E-state index contributed by atoms with van der Waals surface area (Å²) in [6.45, 7) is 3.52. The molecule has 0 saturated carbocycles. The minimum Gasteiger partial charge on any atom is -0.212 e. The van der Waals surface area contributed by atoms with Crippen molar-refractivity contribution in [3.05, 3.63) is 33.8 Å². The van der Waals surface area contributed by atoms with Gasteiger partial charge in [-0.3, -0.25) is 0 Å². The van der Waals surface area contributed by atoms with Gasteiger partial charge in [-0.1, -0.05) is 36.2 Å². The standard InChI is InChI=1S/C12H16Cl3NO2S/c1-8(6-13)7-19(17,18)16-9(2)11-4-3-10(14)5-12(11)15/h3-5,8-9,16H,6-7H2,1-2H3. The molecular weight excluding hydrogens is 329 g/mol. The van der Waals surface area contributed by atoms with Gasteiger partial charge in [-0.25, -0.2) is 13.1 Å². The summed E-state index contributed by atoms with van der Waals surface area (Å²) >= 11 is 17.5. The van der Waals surface area contributed by atoms with Crippen molar-refractivity contribution >= 4 is 44.8 Å². The fourth-order valence-corrected chi connectivity index (χ4v) is 4.09. The first kappa shape index (κ1) is 17.1. The van der Waals surface area contributed by atoms with Gasteiger partial charge in [-0.2, -0.15) is 0 Å². The maximum absolute atomic E-state index is 11.9. The molecule has 0 aliphatic carbocycles. The number of rotatable bonds is 6. The Morgan fingerprint density at radius 2 is 1.89 bits per heavy atom. The molecule has 0 radical (unpaired) electrons. The Hall–Kier alpha value is -0.000000000000000222. The molecule has 1 N–H and O–H groups in total. The van der Waals surface area contributed by atoms with Gasteiger partial charge in [-0.05, 0) is 30.5 Å². The topological polar surface area (TPSA) is 46.2 Å². The fraction of sp³-hybridized carbons (Fsp3) is 0.500. The molecule has 7 heteroatoms. The van der Waals surface area contributed by atoms with Gasteiger partial charge in [0.2, 0.25) is 10.0 Å². The summed E-state index contributed by atoms with van der Waals surface area (Å²) in [6.07, 6.45) is 0. The first-order valence-corrected chi connectivity index (χ1v) is 8.70. The summed E-state index contributed by atoms with van der Waals surface area (Å²) in [4.78, 5) is 0. The Bertz CT molecular complexity index is 534. The van der Waals surface area contributed by atoms with Crippen LogP contribution in [0.2, 0.25) is 10.0 Å². The molecule has 0 amide bonds. The lowest BCUT2D eigenvalue weighted by Crippen LogP contribution is -2.31. The van der Waals surface area contributed by atoms with Crippen LogP contribution in [-0.4, -0.2) is 20.1 Å². The summed E-state index contributed by atoms with van der Waals surface area (Å²) in [5.41, 5.74) is 0.688. The molecule has 2 atom stereocenters. The molecule has 0 aromatic heterocycles. The summed E-state index contributed by atoms with van der Waals surface area (Å²) in [6, 6.07) is 4.56. The van der Waals surface area contributed by atoms with Crippen LogP contribution in [0.1, 0.15) is 25.5 Å². The number of nitrogens with one attached hydrogen (secondary N) is 1. The van der Waals surface area contributed by atoms with E-state index in [1.165, 1.54) is 0 Å². The summed E-state index contributed by atoms with van der Waals surface area (Å²) in [7, 11) is -3.39. The third-order valence-corrected chi connectivity index (χ3v) is 5.36. The van der Waals surface area contributed by atoms with Gasteiger partial charge in [-0.15, -0.1) is 11.6 Å². The van der Waals surface area contributed by atoms with Crippen LogP contribution >= 0.6 is 34.8 Å². The van der Waals surface area contributed by atoms with E-state index >= 15 is 0 Å². The van der Waals surface area contributed by atoms with E-state index in [4.69, 9.17) is 34.8 Å². The molecular formula is C12H16Cl3NO2S. The van der Waals surface area contributed by atoms with E-state index in [2.05, 4.69) is 4.72 Å². The largest absolute Gasteiger partial charge is 0.212 e. The third-order valence-electron chi connectivity index (χ3n) is 2.55. The highest BCUT2D eigenvalue weighted by Gasteiger charge is 2.20. The van der Waals surface area contributed by atoms with E-state index in [-0.39, 0.29) is 11.7 Å². The zero-order valence-corrected chi connectivity index (χ0v) is 13.7. The minimum absolute atomic E-state index is 0.00789. The van der Waals surface area contributed by atoms with Crippen molar-refractivity contribution in [1.82, 2.24) is 4.72 Å². The lowest BCUT2D eigenvalue weighted by Gasteiger charge is -2.17. The van der Waals surface area contributed by atoms with Crippen LogP contribution in [0.25, 0.3) is 0 Å². The van der Waals surface area contributed by atoms with Gasteiger partial charge < -0.3 is 0 Å². The van der Waals surface area contributed by atoms with Gasteiger partial charge in [0.25, 0.3) is 0 Å². The molecule has 0 bridgehead atoms. The molecule has 19 heavy (non-hydrogen) atoms. The van der Waals surface area contributed by atoms with Crippen LogP contribution in [0.4, 0.5) is 0 Å². The lowest BCUT2D eigenvalue weighted by molar-refractivity contribution is 0.555. The van der Waals surface area contributed by atoms with E-state index < -0.39 is 16.1 Å². The molecule has 2 unspecified atom stereocenters. The quantitative estimate of drug-likeness (QED) is 0.797. The van der Waals surface area contributed by atoms with E-state index in [0.717, 1.165) is 0 Å². The van der Waals surface area contributed by atoms with E-state index in [1.807, 2.05) is 0 Å². The first-order valence-electron chi connectivity index (χ1n) is 5.76. The minimum atomic E-state index is -3.39. The third kappa shape index (κ3) is 5.48. The summed E-state index contributed by atoms with van der Waals surface area (Å²) in [5.74, 6) is 0.190. The average molecular weight is 345 g/mol. The molecule has 0 spiro atoms. The van der Waals surface area contributed by atoms with Crippen LogP contribution in [0.3, 0.4) is 0 Å². The molecule has 0 heterocycles. The van der Waals surface area contributed by atoms with E-state index in [9.17, 15) is 8.42 Å². The van der Waals surface area contributed by atoms with Gasteiger partial charge in [0.1, 0.15) is 0 Å². The molecule has 1 aromatic rings. The maximum atomic E-state index is 11.9. The highest BCUT2D eigenvalue weighted by atomic mass is 35.5. The lowest BCUT2D eigenvalue weighted by atomic mass is 10.1. The predicted molar refractivity (Wildman–Crippen MR) is 81.7 cm³/mol. The second-order valence-electron chi connectivity index (χ2n) is 4.55. The second-order valence-corrected chi connectivity index (χ2v) is 7.50. The molecule has 3 nitrogen and oxygen atoms in total. The monoisotopic (exact) mass is 343 g/mol. The normalized spacial score (nSPS) is 15.2. The van der Waals surface area contributed by atoms with Crippen molar-refractivity contribution in [2.45, 2.75) is 19.9 Å². The molecule has 108 valence electrons. The van der Waals surface area contributed by atoms with Crippen LogP contribution < -0.4 is 4.72 Å². The van der Waals surface area contributed by atoms with Crippen molar-refractivity contribution in [1.29, 1.82) is 0 Å². The van der Waals surface area contributed by atoms with Crippen LogP contribution in [-0.2, 0) is 10.0 Å². The van der Waals surface area contributed by atoms with Gasteiger partial charge in [0.05, 0.1) is 5.75 Å². The highest BCUT2D eigenvalue weighted by molar-refractivity contribution is 7.89. The Morgan fingerprint density at radius 3 is 2.42 bits per heavy atom. The van der Waals surface area contributed by atoms with Crippen molar-refractivity contribution in [3.8, 4) is 0 Å². The van der Waals surface area contributed by atoms with Crippen LogP contribution in [0, 0.1) is 5.92 Å². The number of alkyl halides is 1. The van der Waals surface area contributed by atoms with Crippen molar-refractivity contribution in [3.63, 3.8) is 0 Å². The Labute approximate surface area is 129 Å². The van der Waals surface area contributed by atoms with Gasteiger partial charge in [0, 0.05) is 22.0 Å². The zero-order chi connectivity index (χ0) is 14.6. The van der Waals surface area contributed by atoms with Gasteiger partial charge >= 0.3 is 0 Å². The number of halogens is 3. The zero-order valence-electron chi connectivity index (χ0n) is 10.7. The maximum Gasteiger partial charge on any atom is 0.212 e. The summed E-state index contributed by atoms with van der Waals surface area (Å²) in [5, 5.41) is 0.952. The molecule has 0 aliphatic heterocycles. The number of benzene rings is 1. The molecule has 1 rings (SSSR count). The number of hydrogen-bond acceptors (Lipinski definition) is 2. The SMILES string of the molecule is CC(CCl)CS(=O)(=O)NC(C)c1ccc(Cl)cc1Cl. The molecule has 0 saturated heterocycles. The number of sulfonamides is 1. The van der Waals surface area contributed by atoms with E-state index in [0.29, 0.717) is 21.5 Å². The van der Waals surface area contributed by atoms with Crippen LogP contribution in [0.5, 0.6) is 0 Å². The second kappa shape index (κ2) is 7.14. The van der Waals surface area contributed by atoms with E-state index in [1.54, 1.807) is 32.0 Å². The van der Waals surface area contributed by atoms with Crippen molar-refractivity contribution in [2.75, 3.05) is 11.6 Å². The van der Waals surface area contributed by atoms with Gasteiger partial charge in [0.15, 0.2) is 0 Å². The number of hydrogen-bond donors (Lipinski definition) is 1. The van der Waals surface area contributed by atoms with Crippen molar-refractivity contribution < 1.29 is 8.42 Å². The first-order chi connectivity index (χ1) is 8.75. The molecule has 0 aliphatic rings. The highest BCUT2D eigenvalue weighted by Crippen LogP contribution is 2.26. The smallest absolute Gasteiger partial charge is 0.212 e. The molecule has 1 aromatic carbocycles. The molecule has 0 fully saturated rings. The Kier molecular flexibility index (Phi) is 6.40. The van der Waals surface area contributed by atoms with Crippen LogP contribution in [0.15, 0.2) is 18.2 Å². The fourth-order valence-electron chi connectivity index (χ4n) is 1.65. The average Bonchev–Trinajstić information content (AvgIpc) is 2.26. The van der Waals surface area contributed by atoms with Crippen molar-refractivity contribution in [2.24, 2.45) is 5.92 Å². The Balaban J connectivity index is 2.81. The summed E-state index contributed by atoms with van der Waals surface area (Å²) < 4.78 is 26.4. The predicted octanol–water partition coefficient (Wildman–Crippen LogP) is 3.85. The Morgan fingerprint density at radius 1 is 1.26 bits per heavy atom.